The summed E-state index contributed by atoms with van der Waals surface area (Å²) in [6.45, 7) is 1.90. The third kappa shape index (κ3) is 1.68. The Labute approximate surface area is 115 Å². The number of fused-ring (bicyclic) bond motifs is 1. The number of ether oxygens (including phenoxy) is 1. The zero-order valence-electron chi connectivity index (χ0n) is 11.0. The molecule has 3 rings (SSSR count). The lowest BCUT2D eigenvalue weighted by molar-refractivity contribution is 0.399. The number of nitrogens with zero attached hydrogens (tertiary/aromatic N) is 5. The van der Waals surface area contributed by atoms with Crippen LogP contribution >= 0.6 is 0 Å². The third-order valence-corrected chi connectivity index (χ3v) is 3.08. The van der Waals surface area contributed by atoms with Gasteiger partial charge in [0.1, 0.15) is 11.6 Å². The predicted octanol–water partition coefficient (Wildman–Crippen LogP) is 1.98. The van der Waals surface area contributed by atoms with Gasteiger partial charge in [-0.05, 0) is 19.1 Å². The van der Waals surface area contributed by atoms with Gasteiger partial charge in [-0.1, -0.05) is 6.07 Å². The van der Waals surface area contributed by atoms with Gasteiger partial charge in [0, 0.05) is 6.20 Å². The fourth-order valence-electron chi connectivity index (χ4n) is 2.14. The summed E-state index contributed by atoms with van der Waals surface area (Å²) in [5.41, 5.74) is 3.26. The fraction of sp³-hybridized carbons (Fsp3) is 0.143. The molecule has 0 fully saturated rings. The zero-order chi connectivity index (χ0) is 14.1. The second kappa shape index (κ2) is 4.63. The van der Waals surface area contributed by atoms with Gasteiger partial charge in [-0.2, -0.15) is 15.3 Å². The van der Waals surface area contributed by atoms with Crippen molar-refractivity contribution in [3.05, 3.63) is 41.9 Å². The molecule has 3 heterocycles. The van der Waals surface area contributed by atoms with Crippen molar-refractivity contribution in [2.24, 2.45) is 0 Å². The average molecular weight is 265 g/mol. The Morgan fingerprint density at radius 2 is 2.20 bits per heavy atom. The second-order valence-electron chi connectivity index (χ2n) is 4.20. The van der Waals surface area contributed by atoms with E-state index in [1.807, 2.05) is 25.1 Å². The summed E-state index contributed by atoms with van der Waals surface area (Å²) < 4.78 is 6.99. The van der Waals surface area contributed by atoms with Crippen LogP contribution in [-0.2, 0) is 0 Å². The van der Waals surface area contributed by atoms with Gasteiger partial charge in [-0.15, -0.1) is 0 Å². The van der Waals surface area contributed by atoms with Gasteiger partial charge in [0.25, 0.3) is 0 Å². The van der Waals surface area contributed by atoms with Gasteiger partial charge >= 0.3 is 0 Å². The van der Waals surface area contributed by atoms with E-state index in [1.165, 1.54) is 6.20 Å². The summed E-state index contributed by atoms with van der Waals surface area (Å²) in [6, 6.07) is 7.70. The monoisotopic (exact) mass is 265 g/mol. The molecule has 0 bridgehead atoms. The molecule has 0 atom stereocenters. The van der Waals surface area contributed by atoms with E-state index in [4.69, 9.17) is 10.00 Å². The number of hydrogen-bond acceptors (Lipinski definition) is 5. The minimum Gasteiger partial charge on any atom is -0.480 e. The number of hydrogen-bond donors (Lipinski definition) is 0. The highest BCUT2D eigenvalue weighted by molar-refractivity contribution is 5.71. The minimum absolute atomic E-state index is 0.416. The Morgan fingerprint density at radius 1 is 1.35 bits per heavy atom. The standard InChI is InChI=1S/C14H11N5O/c1-9-12(11-5-3-4-6-16-11)14(20-2)18-13-10(7-15)8-17-19(9)13/h3-6,8H,1-2H3. The van der Waals surface area contributed by atoms with Crippen LogP contribution in [0.3, 0.4) is 0 Å². The Morgan fingerprint density at radius 3 is 2.85 bits per heavy atom. The van der Waals surface area contributed by atoms with Crippen molar-refractivity contribution in [2.75, 3.05) is 7.11 Å². The molecular formula is C14H11N5O. The van der Waals surface area contributed by atoms with Crippen molar-refractivity contribution in [3.63, 3.8) is 0 Å². The van der Waals surface area contributed by atoms with E-state index in [2.05, 4.69) is 21.1 Å². The molecule has 6 heteroatoms. The van der Waals surface area contributed by atoms with Crippen LogP contribution in [0.2, 0.25) is 0 Å². The van der Waals surface area contributed by atoms with E-state index < -0.39 is 0 Å². The average Bonchev–Trinajstić information content (AvgIpc) is 2.91. The fourth-order valence-corrected chi connectivity index (χ4v) is 2.14. The number of methoxy groups -OCH3 is 1. The Kier molecular flexibility index (Phi) is 2.80. The molecule has 0 radical (unpaired) electrons. The topological polar surface area (TPSA) is 76.1 Å². The number of rotatable bonds is 2. The van der Waals surface area contributed by atoms with Crippen LogP contribution in [0.25, 0.3) is 16.9 Å². The van der Waals surface area contributed by atoms with Crippen molar-refractivity contribution < 1.29 is 4.74 Å². The van der Waals surface area contributed by atoms with Crippen LogP contribution < -0.4 is 4.74 Å². The van der Waals surface area contributed by atoms with Crippen LogP contribution in [0.5, 0.6) is 5.88 Å². The lowest BCUT2D eigenvalue weighted by atomic mass is 10.1. The van der Waals surface area contributed by atoms with Crippen LogP contribution in [-0.4, -0.2) is 26.7 Å². The van der Waals surface area contributed by atoms with E-state index in [-0.39, 0.29) is 0 Å². The number of nitriles is 1. The Bertz CT molecular complexity index is 817. The molecule has 0 aliphatic heterocycles. The first-order valence-corrected chi connectivity index (χ1v) is 6.00. The van der Waals surface area contributed by atoms with E-state index in [9.17, 15) is 0 Å². The molecular weight excluding hydrogens is 254 g/mol. The van der Waals surface area contributed by atoms with E-state index in [1.54, 1.807) is 17.8 Å². The van der Waals surface area contributed by atoms with Crippen molar-refractivity contribution >= 4 is 5.65 Å². The van der Waals surface area contributed by atoms with E-state index in [0.29, 0.717) is 17.1 Å². The lowest BCUT2D eigenvalue weighted by Crippen LogP contribution is -2.04. The minimum atomic E-state index is 0.416. The molecule has 3 aromatic heterocycles. The molecule has 3 aromatic rings. The summed E-state index contributed by atoms with van der Waals surface area (Å²) in [4.78, 5) is 8.70. The van der Waals surface area contributed by atoms with Gasteiger partial charge < -0.3 is 4.74 Å². The SMILES string of the molecule is COc1nc2c(C#N)cnn2c(C)c1-c1ccccn1. The maximum Gasteiger partial charge on any atom is 0.226 e. The molecule has 0 spiro atoms. The third-order valence-electron chi connectivity index (χ3n) is 3.08. The maximum atomic E-state index is 9.07. The van der Waals surface area contributed by atoms with Gasteiger partial charge in [-0.25, -0.2) is 4.52 Å². The largest absolute Gasteiger partial charge is 0.480 e. The molecule has 0 unspecified atom stereocenters. The summed E-state index contributed by atoms with van der Waals surface area (Å²) in [6.07, 6.45) is 3.21. The summed E-state index contributed by atoms with van der Waals surface area (Å²) in [7, 11) is 1.55. The maximum absolute atomic E-state index is 9.07. The Balaban J connectivity index is 2.38. The first-order chi connectivity index (χ1) is 9.76. The highest BCUT2D eigenvalue weighted by atomic mass is 16.5. The molecule has 0 saturated carbocycles. The van der Waals surface area contributed by atoms with Crippen molar-refractivity contribution in [1.82, 2.24) is 19.6 Å². The van der Waals surface area contributed by atoms with Crippen molar-refractivity contribution in [3.8, 4) is 23.2 Å². The predicted molar refractivity (Wildman–Crippen MR) is 72.2 cm³/mol. The Hall–Kier alpha value is -2.94. The van der Waals surface area contributed by atoms with Crippen LogP contribution in [0, 0.1) is 18.3 Å². The highest BCUT2D eigenvalue weighted by Gasteiger charge is 2.18. The number of aromatic nitrogens is 4. The van der Waals surface area contributed by atoms with Gasteiger partial charge in [0.05, 0.1) is 30.3 Å². The number of aryl methyl sites for hydroxylation is 1. The molecule has 6 nitrogen and oxygen atoms in total. The molecule has 0 saturated heterocycles. The molecule has 0 aromatic carbocycles. The van der Waals surface area contributed by atoms with Gasteiger partial charge in [0.15, 0.2) is 5.65 Å². The quantitative estimate of drug-likeness (QED) is 0.708. The van der Waals surface area contributed by atoms with Crippen LogP contribution in [0.1, 0.15) is 11.3 Å². The molecule has 0 aliphatic rings. The van der Waals surface area contributed by atoms with Crippen LogP contribution in [0.4, 0.5) is 0 Å². The normalized spacial score (nSPS) is 10.4. The summed E-state index contributed by atoms with van der Waals surface area (Å²) in [5, 5.41) is 13.3. The zero-order valence-corrected chi connectivity index (χ0v) is 11.0. The van der Waals surface area contributed by atoms with Crippen molar-refractivity contribution in [2.45, 2.75) is 6.92 Å². The van der Waals surface area contributed by atoms with Gasteiger partial charge in [-0.3, -0.25) is 4.98 Å². The highest BCUT2D eigenvalue weighted by Crippen LogP contribution is 2.31. The molecule has 0 N–H and O–H groups in total. The molecule has 0 aliphatic carbocycles. The lowest BCUT2D eigenvalue weighted by Gasteiger charge is -2.11. The molecule has 20 heavy (non-hydrogen) atoms. The van der Waals surface area contributed by atoms with Gasteiger partial charge in [0.2, 0.25) is 5.88 Å². The smallest absolute Gasteiger partial charge is 0.226 e. The second-order valence-corrected chi connectivity index (χ2v) is 4.20. The number of pyridine rings is 1. The summed E-state index contributed by atoms with van der Waals surface area (Å²) >= 11 is 0. The first kappa shape index (κ1) is 12.1. The summed E-state index contributed by atoms with van der Waals surface area (Å²) in [5.74, 6) is 0.436. The van der Waals surface area contributed by atoms with Crippen LogP contribution in [0.15, 0.2) is 30.6 Å². The van der Waals surface area contributed by atoms with Crippen molar-refractivity contribution in [1.29, 1.82) is 5.26 Å². The van der Waals surface area contributed by atoms with E-state index in [0.717, 1.165) is 17.0 Å². The molecule has 0 amide bonds. The molecule has 98 valence electrons. The van der Waals surface area contributed by atoms with E-state index >= 15 is 0 Å². The first-order valence-electron chi connectivity index (χ1n) is 6.00.